The fourth-order valence-electron chi connectivity index (χ4n) is 1.54. The van der Waals surface area contributed by atoms with E-state index in [9.17, 15) is 4.79 Å². The zero-order valence-corrected chi connectivity index (χ0v) is 9.86. The van der Waals surface area contributed by atoms with E-state index in [0.717, 1.165) is 10.0 Å². The van der Waals surface area contributed by atoms with Crippen LogP contribution >= 0.6 is 15.9 Å². The number of hydrogen-bond donors (Lipinski definition) is 1. The number of aromatic nitrogens is 2. The summed E-state index contributed by atoms with van der Waals surface area (Å²) in [6.07, 6.45) is 3.41. The molecule has 0 radical (unpaired) electrons. The van der Waals surface area contributed by atoms with E-state index < -0.39 is 0 Å². The van der Waals surface area contributed by atoms with Crippen molar-refractivity contribution in [1.29, 1.82) is 0 Å². The van der Waals surface area contributed by atoms with Gasteiger partial charge in [0.25, 0.3) is 0 Å². The van der Waals surface area contributed by atoms with Crippen molar-refractivity contribution in [3.05, 3.63) is 57.2 Å². The van der Waals surface area contributed by atoms with E-state index in [0.29, 0.717) is 0 Å². The van der Waals surface area contributed by atoms with E-state index in [1.165, 1.54) is 0 Å². The van der Waals surface area contributed by atoms with Gasteiger partial charge in [0.1, 0.15) is 0 Å². The van der Waals surface area contributed by atoms with Gasteiger partial charge in [0, 0.05) is 16.9 Å². The van der Waals surface area contributed by atoms with Gasteiger partial charge in [-0.2, -0.15) is 0 Å². The molecule has 0 saturated carbocycles. The first-order chi connectivity index (χ1) is 7.18. The Morgan fingerprint density at radius 3 is 2.53 bits per heavy atom. The Morgan fingerprint density at radius 2 is 2.00 bits per heavy atom. The van der Waals surface area contributed by atoms with Gasteiger partial charge >= 0.3 is 5.69 Å². The molecule has 0 bridgehead atoms. The minimum atomic E-state index is -0.0783. The van der Waals surface area contributed by atoms with Crippen LogP contribution in [-0.4, -0.2) is 9.55 Å². The molecule has 0 amide bonds. The Bertz CT molecular complexity index is 498. The molecule has 1 atom stereocenters. The normalized spacial score (nSPS) is 12.7. The van der Waals surface area contributed by atoms with E-state index in [1.807, 2.05) is 31.2 Å². The standard InChI is InChI=1S/C11H11BrN2O/c1-8(14-7-6-13-11(14)15)9-2-4-10(12)5-3-9/h2-8H,1H3,(H,13,15). The number of hydrogen-bond acceptors (Lipinski definition) is 1. The lowest BCUT2D eigenvalue weighted by molar-refractivity contribution is 0.617. The SMILES string of the molecule is CC(c1ccc(Br)cc1)n1cc[nH]c1=O. The Morgan fingerprint density at radius 1 is 1.33 bits per heavy atom. The number of H-pyrrole nitrogens is 1. The number of aromatic amines is 1. The molecule has 1 aromatic carbocycles. The summed E-state index contributed by atoms with van der Waals surface area (Å²) in [6.45, 7) is 2.00. The third-order valence-corrected chi connectivity index (χ3v) is 2.97. The zero-order chi connectivity index (χ0) is 10.8. The van der Waals surface area contributed by atoms with Crippen molar-refractivity contribution in [1.82, 2.24) is 9.55 Å². The number of imidazole rings is 1. The predicted molar refractivity (Wildman–Crippen MR) is 63.0 cm³/mol. The van der Waals surface area contributed by atoms with E-state index >= 15 is 0 Å². The molecule has 1 heterocycles. The molecule has 15 heavy (non-hydrogen) atoms. The molecular formula is C11H11BrN2O. The molecular weight excluding hydrogens is 256 g/mol. The van der Waals surface area contributed by atoms with Crippen LogP contribution in [0, 0.1) is 0 Å². The van der Waals surface area contributed by atoms with Gasteiger partial charge in [0.2, 0.25) is 0 Å². The highest BCUT2D eigenvalue weighted by atomic mass is 79.9. The number of nitrogens with zero attached hydrogens (tertiary/aromatic N) is 1. The van der Waals surface area contributed by atoms with Crippen LogP contribution < -0.4 is 5.69 Å². The lowest BCUT2D eigenvalue weighted by Crippen LogP contribution is -2.20. The maximum Gasteiger partial charge on any atom is 0.326 e. The molecule has 0 saturated heterocycles. The van der Waals surface area contributed by atoms with Gasteiger partial charge in [0.05, 0.1) is 6.04 Å². The van der Waals surface area contributed by atoms with Crippen molar-refractivity contribution in [2.75, 3.05) is 0 Å². The molecule has 2 rings (SSSR count). The number of rotatable bonds is 2. The van der Waals surface area contributed by atoms with Crippen LogP contribution in [0.2, 0.25) is 0 Å². The van der Waals surface area contributed by atoms with Crippen molar-refractivity contribution in [3.8, 4) is 0 Å². The summed E-state index contributed by atoms with van der Waals surface area (Å²) < 4.78 is 2.71. The largest absolute Gasteiger partial charge is 0.326 e. The summed E-state index contributed by atoms with van der Waals surface area (Å²) in [4.78, 5) is 14.0. The second-order valence-corrected chi connectivity index (χ2v) is 4.32. The minimum Gasteiger partial charge on any atom is -0.313 e. The highest BCUT2D eigenvalue weighted by Crippen LogP contribution is 2.18. The number of benzene rings is 1. The monoisotopic (exact) mass is 266 g/mol. The van der Waals surface area contributed by atoms with Crippen LogP contribution in [0.5, 0.6) is 0 Å². The van der Waals surface area contributed by atoms with Gasteiger partial charge in [-0.25, -0.2) is 4.79 Å². The van der Waals surface area contributed by atoms with Gasteiger partial charge in [-0.05, 0) is 24.6 Å². The molecule has 1 aromatic heterocycles. The Hall–Kier alpha value is -1.29. The molecule has 0 spiro atoms. The predicted octanol–water partition coefficient (Wildman–Crippen LogP) is 2.55. The lowest BCUT2D eigenvalue weighted by atomic mass is 10.1. The number of halogens is 1. The molecule has 78 valence electrons. The van der Waals surface area contributed by atoms with Crippen LogP contribution in [0.1, 0.15) is 18.5 Å². The van der Waals surface area contributed by atoms with E-state index in [2.05, 4.69) is 20.9 Å². The van der Waals surface area contributed by atoms with Gasteiger partial charge in [-0.15, -0.1) is 0 Å². The molecule has 3 nitrogen and oxygen atoms in total. The van der Waals surface area contributed by atoms with Gasteiger partial charge < -0.3 is 4.98 Å². The fourth-order valence-corrected chi connectivity index (χ4v) is 1.80. The average molecular weight is 267 g/mol. The summed E-state index contributed by atoms with van der Waals surface area (Å²) in [5.41, 5.74) is 1.03. The van der Waals surface area contributed by atoms with Crippen molar-refractivity contribution in [2.45, 2.75) is 13.0 Å². The highest BCUT2D eigenvalue weighted by molar-refractivity contribution is 9.10. The molecule has 0 aliphatic heterocycles. The number of nitrogens with one attached hydrogen (secondary N) is 1. The molecule has 0 aliphatic rings. The summed E-state index contributed by atoms with van der Waals surface area (Å²) >= 11 is 3.38. The Balaban J connectivity index is 2.36. The van der Waals surface area contributed by atoms with Crippen LogP contribution in [0.3, 0.4) is 0 Å². The lowest BCUT2D eigenvalue weighted by Gasteiger charge is -2.12. The minimum absolute atomic E-state index is 0.0526. The second kappa shape index (κ2) is 4.06. The van der Waals surface area contributed by atoms with Crippen molar-refractivity contribution >= 4 is 15.9 Å². The first-order valence-corrected chi connectivity index (χ1v) is 5.49. The van der Waals surface area contributed by atoms with Crippen molar-refractivity contribution < 1.29 is 0 Å². The van der Waals surface area contributed by atoms with Crippen LogP contribution in [-0.2, 0) is 0 Å². The van der Waals surface area contributed by atoms with Crippen molar-refractivity contribution in [3.63, 3.8) is 0 Å². The first-order valence-electron chi connectivity index (χ1n) is 4.69. The summed E-state index contributed by atoms with van der Waals surface area (Å²) in [7, 11) is 0. The first kappa shape index (κ1) is 10.2. The van der Waals surface area contributed by atoms with Crippen LogP contribution in [0.25, 0.3) is 0 Å². The second-order valence-electron chi connectivity index (χ2n) is 3.40. The zero-order valence-electron chi connectivity index (χ0n) is 8.27. The van der Waals surface area contributed by atoms with Gasteiger partial charge in [-0.1, -0.05) is 28.1 Å². The third-order valence-electron chi connectivity index (χ3n) is 2.45. The molecule has 4 heteroatoms. The quantitative estimate of drug-likeness (QED) is 0.892. The topological polar surface area (TPSA) is 37.8 Å². The van der Waals surface area contributed by atoms with E-state index in [-0.39, 0.29) is 11.7 Å². The molecule has 2 aromatic rings. The molecule has 1 N–H and O–H groups in total. The molecule has 0 aliphatic carbocycles. The third kappa shape index (κ3) is 2.04. The van der Waals surface area contributed by atoms with Crippen molar-refractivity contribution in [2.24, 2.45) is 0 Å². The average Bonchev–Trinajstić information content (AvgIpc) is 2.65. The maximum absolute atomic E-state index is 11.4. The highest BCUT2D eigenvalue weighted by Gasteiger charge is 2.08. The Kier molecular flexibility index (Phi) is 2.77. The molecule has 1 unspecified atom stereocenters. The summed E-state index contributed by atoms with van der Waals surface area (Å²) in [6, 6.07) is 8.02. The summed E-state index contributed by atoms with van der Waals surface area (Å²) in [5, 5.41) is 0. The van der Waals surface area contributed by atoms with Crippen LogP contribution in [0.15, 0.2) is 45.9 Å². The Labute approximate surface area is 95.9 Å². The fraction of sp³-hybridized carbons (Fsp3) is 0.182. The van der Waals surface area contributed by atoms with E-state index in [1.54, 1.807) is 17.0 Å². The van der Waals surface area contributed by atoms with Crippen LogP contribution in [0.4, 0.5) is 0 Å². The molecule has 0 fully saturated rings. The van der Waals surface area contributed by atoms with E-state index in [4.69, 9.17) is 0 Å². The smallest absolute Gasteiger partial charge is 0.313 e. The maximum atomic E-state index is 11.4. The summed E-state index contributed by atoms with van der Waals surface area (Å²) in [5.74, 6) is 0. The van der Waals surface area contributed by atoms with Gasteiger partial charge in [0.15, 0.2) is 0 Å². The van der Waals surface area contributed by atoms with Gasteiger partial charge in [-0.3, -0.25) is 4.57 Å².